The molecule has 0 radical (unpaired) electrons. The van der Waals surface area contributed by atoms with Crippen LogP contribution in [0.15, 0.2) is 36.7 Å². The van der Waals surface area contributed by atoms with Gasteiger partial charge in [-0.05, 0) is 25.5 Å². The second kappa shape index (κ2) is 8.14. The van der Waals surface area contributed by atoms with Gasteiger partial charge in [0.15, 0.2) is 6.61 Å². The second-order valence-electron chi connectivity index (χ2n) is 6.62. The molecule has 0 saturated carbocycles. The van der Waals surface area contributed by atoms with Crippen molar-refractivity contribution in [2.24, 2.45) is 0 Å². The highest BCUT2D eigenvalue weighted by Gasteiger charge is 2.28. The maximum Gasteiger partial charge on any atom is 0.341 e. The zero-order chi connectivity index (χ0) is 18.5. The van der Waals surface area contributed by atoms with Gasteiger partial charge in [-0.3, -0.25) is 9.88 Å². The van der Waals surface area contributed by atoms with Gasteiger partial charge in [0.05, 0.1) is 24.1 Å². The first-order valence-electron chi connectivity index (χ1n) is 8.70. The molecule has 26 heavy (non-hydrogen) atoms. The lowest BCUT2D eigenvalue weighted by atomic mass is 10.1. The molecule has 1 fully saturated rings. The zero-order valence-electron chi connectivity index (χ0n) is 15.1. The molecule has 3 rings (SSSR count). The Labute approximate surface area is 153 Å². The molecular formula is C19H24N4O3. The van der Waals surface area contributed by atoms with E-state index in [1.165, 1.54) is 0 Å². The van der Waals surface area contributed by atoms with E-state index in [1.807, 2.05) is 49.5 Å². The van der Waals surface area contributed by atoms with E-state index in [-0.39, 0.29) is 12.6 Å². The van der Waals surface area contributed by atoms with Crippen molar-refractivity contribution in [1.29, 1.82) is 0 Å². The summed E-state index contributed by atoms with van der Waals surface area (Å²) in [4.78, 5) is 24.2. The topological polar surface area (TPSA) is 78.8 Å². The van der Waals surface area contributed by atoms with E-state index < -0.39 is 5.97 Å². The number of hydrogen-bond donors (Lipinski definition) is 1. The largest absolute Gasteiger partial charge is 0.482 e. The first kappa shape index (κ1) is 18.1. The monoisotopic (exact) mass is 356 g/mol. The Morgan fingerprint density at radius 1 is 1.35 bits per heavy atom. The molecule has 1 aliphatic rings. The minimum absolute atomic E-state index is 0.204. The quantitative estimate of drug-likeness (QED) is 0.816. The molecule has 1 saturated heterocycles. The number of likely N-dealkylation sites (tertiary alicyclic amines) is 1. The van der Waals surface area contributed by atoms with Crippen LogP contribution in [-0.2, 0) is 11.3 Å². The zero-order valence-corrected chi connectivity index (χ0v) is 15.1. The van der Waals surface area contributed by atoms with E-state index in [1.54, 1.807) is 6.20 Å². The van der Waals surface area contributed by atoms with Crippen molar-refractivity contribution in [1.82, 2.24) is 14.9 Å². The van der Waals surface area contributed by atoms with E-state index in [0.29, 0.717) is 12.3 Å². The highest BCUT2D eigenvalue weighted by atomic mass is 16.5. The van der Waals surface area contributed by atoms with Gasteiger partial charge in [0.25, 0.3) is 0 Å². The van der Waals surface area contributed by atoms with Crippen LogP contribution in [0.3, 0.4) is 0 Å². The molecule has 2 heterocycles. The predicted molar refractivity (Wildman–Crippen MR) is 98.3 cm³/mol. The maximum atomic E-state index is 10.8. The van der Waals surface area contributed by atoms with Crippen molar-refractivity contribution < 1.29 is 14.6 Å². The van der Waals surface area contributed by atoms with E-state index >= 15 is 0 Å². The average Bonchev–Trinajstić information content (AvgIpc) is 3.09. The summed E-state index contributed by atoms with van der Waals surface area (Å²) in [5.41, 5.74) is 1.95. The van der Waals surface area contributed by atoms with Crippen LogP contribution in [0.4, 0.5) is 5.82 Å². The van der Waals surface area contributed by atoms with Gasteiger partial charge in [0, 0.05) is 26.2 Å². The van der Waals surface area contributed by atoms with Crippen LogP contribution < -0.4 is 9.64 Å². The Balaban J connectivity index is 1.77. The number of carboxylic acids is 1. The molecule has 0 aliphatic carbocycles. The SMILES string of the molecule is CN(C)c1cncc(C2CCCN2Cc2ccccc2OCC(=O)O)n1. The fraction of sp³-hybridized carbons (Fsp3) is 0.421. The predicted octanol–water partition coefficient (Wildman–Crippen LogP) is 2.34. The average molecular weight is 356 g/mol. The fourth-order valence-corrected chi connectivity index (χ4v) is 3.23. The van der Waals surface area contributed by atoms with Gasteiger partial charge in [-0.25, -0.2) is 9.78 Å². The first-order valence-corrected chi connectivity index (χ1v) is 8.70. The van der Waals surface area contributed by atoms with Gasteiger partial charge >= 0.3 is 5.97 Å². The lowest BCUT2D eigenvalue weighted by Gasteiger charge is -2.25. The number of para-hydroxylation sites is 1. The maximum absolute atomic E-state index is 10.8. The minimum atomic E-state index is -0.977. The third-order valence-electron chi connectivity index (χ3n) is 4.50. The van der Waals surface area contributed by atoms with Gasteiger partial charge in [0.1, 0.15) is 11.6 Å². The minimum Gasteiger partial charge on any atom is -0.482 e. The van der Waals surface area contributed by atoms with Gasteiger partial charge < -0.3 is 14.7 Å². The van der Waals surface area contributed by atoms with E-state index in [2.05, 4.69) is 9.88 Å². The third kappa shape index (κ3) is 4.29. The molecule has 138 valence electrons. The number of benzene rings is 1. The highest BCUT2D eigenvalue weighted by Crippen LogP contribution is 2.34. The number of hydrogen-bond acceptors (Lipinski definition) is 6. The number of nitrogens with zero attached hydrogens (tertiary/aromatic N) is 4. The second-order valence-corrected chi connectivity index (χ2v) is 6.62. The van der Waals surface area contributed by atoms with Gasteiger partial charge in [-0.2, -0.15) is 0 Å². The lowest BCUT2D eigenvalue weighted by molar-refractivity contribution is -0.139. The van der Waals surface area contributed by atoms with E-state index in [4.69, 9.17) is 14.8 Å². The molecule has 1 unspecified atom stereocenters. The first-order chi connectivity index (χ1) is 12.5. The molecule has 1 atom stereocenters. The van der Waals surface area contributed by atoms with E-state index in [9.17, 15) is 4.79 Å². The Morgan fingerprint density at radius 2 is 2.15 bits per heavy atom. The summed E-state index contributed by atoms with van der Waals surface area (Å²) >= 11 is 0. The number of ether oxygens (including phenoxy) is 1. The van der Waals surface area contributed by atoms with Gasteiger partial charge in [-0.15, -0.1) is 0 Å². The fourth-order valence-electron chi connectivity index (χ4n) is 3.23. The van der Waals surface area contributed by atoms with Crippen LogP contribution >= 0.6 is 0 Å². The molecule has 7 nitrogen and oxygen atoms in total. The van der Waals surface area contributed by atoms with Crippen LogP contribution in [0.25, 0.3) is 0 Å². The molecular weight excluding hydrogens is 332 g/mol. The summed E-state index contributed by atoms with van der Waals surface area (Å²) in [6.07, 6.45) is 5.72. The van der Waals surface area contributed by atoms with Crippen LogP contribution in [-0.4, -0.2) is 53.2 Å². The number of aliphatic carboxylic acids is 1. The number of carbonyl (C=O) groups is 1. The Hall–Kier alpha value is -2.67. The van der Waals surface area contributed by atoms with Crippen LogP contribution in [0.5, 0.6) is 5.75 Å². The van der Waals surface area contributed by atoms with E-state index in [0.717, 1.165) is 36.5 Å². The van der Waals surface area contributed by atoms with Crippen molar-refractivity contribution in [3.05, 3.63) is 47.9 Å². The van der Waals surface area contributed by atoms with Gasteiger partial charge in [0.2, 0.25) is 0 Å². The molecule has 0 spiro atoms. The standard InChI is InChI=1S/C19H24N4O3/c1-22(2)18-11-20-10-15(21-18)16-7-5-9-23(16)12-14-6-3-4-8-17(14)26-13-19(24)25/h3-4,6,8,10-11,16H,5,7,9,12-13H2,1-2H3,(H,24,25). The van der Waals surface area contributed by atoms with Crippen molar-refractivity contribution in [2.75, 3.05) is 32.1 Å². The Kier molecular flexibility index (Phi) is 5.68. The van der Waals surface area contributed by atoms with Crippen molar-refractivity contribution in [3.8, 4) is 5.75 Å². The summed E-state index contributed by atoms with van der Waals surface area (Å²) in [5.74, 6) is 0.489. The molecule has 1 aromatic heterocycles. The number of anilines is 1. The van der Waals surface area contributed by atoms with Crippen molar-refractivity contribution >= 4 is 11.8 Å². The van der Waals surface area contributed by atoms with Crippen molar-refractivity contribution in [2.45, 2.75) is 25.4 Å². The smallest absolute Gasteiger partial charge is 0.341 e. The molecule has 1 N–H and O–H groups in total. The summed E-state index contributed by atoms with van der Waals surface area (Å²) in [7, 11) is 3.91. The van der Waals surface area contributed by atoms with Crippen LogP contribution in [0.2, 0.25) is 0 Å². The summed E-state index contributed by atoms with van der Waals surface area (Å²) in [6.45, 7) is 1.32. The molecule has 7 heteroatoms. The van der Waals surface area contributed by atoms with Crippen molar-refractivity contribution in [3.63, 3.8) is 0 Å². The third-order valence-corrected chi connectivity index (χ3v) is 4.50. The number of rotatable bonds is 7. The summed E-state index contributed by atoms with van der Waals surface area (Å²) < 4.78 is 5.44. The highest BCUT2D eigenvalue weighted by molar-refractivity contribution is 5.68. The molecule has 1 aromatic carbocycles. The molecule has 0 amide bonds. The number of carboxylic acid groups (broad SMARTS) is 1. The Bertz CT molecular complexity index is 766. The van der Waals surface area contributed by atoms with Gasteiger partial charge in [-0.1, -0.05) is 18.2 Å². The summed E-state index contributed by atoms with van der Waals surface area (Å²) in [5, 5.41) is 8.86. The molecule has 2 aromatic rings. The number of aromatic nitrogens is 2. The van der Waals surface area contributed by atoms with Crippen LogP contribution in [0.1, 0.15) is 30.1 Å². The lowest BCUT2D eigenvalue weighted by Crippen LogP contribution is -2.25. The molecule has 0 bridgehead atoms. The van der Waals surface area contributed by atoms with Crippen LogP contribution in [0, 0.1) is 0 Å². The normalized spacial score (nSPS) is 17.2. The molecule has 1 aliphatic heterocycles. The Morgan fingerprint density at radius 3 is 2.92 bits per heavy atom. The summed E-state index contributed by atoms with van der Waals surface area (Å²) in [6, 6.07) is 7.80.